The molecule has 0 spiro atoms. The van der Waals surface area contributed by atoms with E-state index in [1.165, 1.54) is 0 Å². The molecule has 0 radical (unpaired) electrons. The highest BCUT2D eigenvalue weighted by molar-refractivity contribution is 5.97. The minimum atomic E-state index is -0.436. The number of benzene rings is 1. The summed E-state index contributed by atoms with van der Waals surface area (Å²) >= 11 is 0. The maximum Gasteiger partial charge on any atom is 0.251 e. The Morgan fingerprint density at radius 3 is 2.87 bits per heavy atom. The molecule has 1 fully saturated rings. The third-order valence-corrected chi connectivity index (χ3v) is 3.96. The Labute approximate surface area is 134 Å². The summed E-state index contributed by atoms with van der Waals surface area (Å²) in [4.78, 5) is 24.2. The van der Waals surface area contributed by atoms with Crippen LogP contribution < -0.4 is 10.6 Å². The molecule has 2 N–H and O–H groups in total. The highest BCUT2D eigenvalue weighted by Gasteiger charge is 2.22. The fourth-order valence-electron chi connectivity index (χ4n) is 2.66. The Morgan fingerprint density at radius 2 is 2.13 bits per heavy atom. The molecule has 2 amide bonds. The van der Waals surface area contributed by atoms with Crippen LogP contribution >= 0.6 is 0 Å². The maximum absolute atomic E-state index is 12.3. The van der Waals surface area contributed by atoms with Gasteiger partial charge in [0.2, 0.25) is 5.91 Å². The second kappa shape index (κ2) is 7.09. The lowest BCUT2D eigenvalue weighted by Crippen LogP contribution is -2.45. The molecule has 0 unspecified atom stereocenters. The van der Waals surface area contributed by atoms with Crippen LogP contribution in [0.15, 0.2) is 42.7 Å². The van der Waals surface area contributed by atoms with Gasteiger partial charge in [0.25, 0.3) is 5.91 Å². The van der Waals surface area contributed by atoms with E-state index in [2.05, 4.69) is 15.7 Å². The lowest BCUT2D eigenvalue weighted by atomic mass is 10.1. The van der Waals surface area contributed by atoms with Gasteiger partial charge in [-0.05, 0) is 43.0 Å². The molecular formula is C17H20N4O2. The Balaban J connectivity index is 1.62. The number of amides is 2. The number of hydrogen-bond donors (Lipinski definition) is 2. The molecule has 1 aromatic heterocycles. The van der Waals surface area contributed by atoms with E-state index in [0.717, 1.165) is 18.4 Å². The van der Waals surface area contributed by atoms with Gasteiger partial charge in [-0.25, -0.2) is 0 Å². The van der Waals surface area contributed by atoms with Crippen molar-refractivity contribution in [2.75, 3.05) is 6.54 Å². The summed E-state index contributed by atoms with van der Waals surface area (Å²) in [6.07, 6.45) is 6.21. The van der Waals surface area contributed by atoms with Crippen LogP contribution in [0.4, 0.5) is 0 Å². The lowest BCUT2D eigenvalue weighted by molar-refractivity contribution is -0.122. The van der Waals surface area contributed by atoms with Gasteiger partial charge in [0.1, 0.15) is 6.04 Å². The van der Waals surface area contributed by atoms with Crippen LogP contribution in [0.1, 0.15) is 35.2 Å². The highest BCUT2D eigenvalue weighted by atomic mass is 16.2. The first-order valence-electron chi connectivity index (χ1n) is 7.87. The van der Waals surface area contributed by atoms with E-state index in [9.17, 15) is 9.59 Å². The molecular weight excluding hydrogens is 292 g/mol. The molecule has 6 nitrogen and oxygen atoms in total. The highest BCUT2D eigenvalue weighted by Crippen LogP contribution is 2.09. The van der Waals surface area contributed by atoms with Gasteiger partial charge in [-0.1, -0.05) is 12.1 Å². The van der Waals surface area contributed by atoms with Crippen LogP contribution in [0.25, 0.3) is 0 Å². The van der Waals surface area contributed by atoms with Crippen molar-refractivity contribution < 1.29 is 9.59 Å². The van der Waals surface area contributed by atoms with Crippen molar-refractivity contribution in [1.29, 1.82) is 0 Å². The quantitative estimate of drug-likeness (QED) is 0.894. The first kappa shape index (κ1) is 15.3. The summed E-state index contributed by atoms with van der Waals surface area (Å²) in [5.41, 5.74) is 1.63. The van der Waals surface area contributed by atoms with Gasteiger partial charge < -0.3 is 10.6 Å². The number of carbonyl (C=O) groups excluding carboxylic acids is 2. The van der Waals surface area contributed by atoms with Crippen molar-refractivity contribution >= 4 is 11.8 Å². The summed E-state index contributed by atoms with van der Waals surface area (Å²) in [5.74, 6) is -0.302. The first-order chi connectivity index (χ1) is 11.2. The second-order valence-electron chi connectivity index (χ2n) is 5.71. The molecule has 1 atom stereocenters. The van der Waals surface area contributed by atoms with Crippen LogP contribution in [0.2, 0.25) is 0 Å². The van der Waals surface area contributed by atoms with Crippen LogP contribution in [0.5, 0.6) is 0 Å². The van der Waals surface area contributed by atoms with Gasteiger partial charge in [-0.2, -0.15) is 5.10 Å². The normalized spacial score (nSPS) is 18.1. The largest absolute Gasteiger partial charge is 0.354 e. The molecule has 1 saturated heterocycles. The standard InChI is InChI=1S/C17H20N4O2/c22-16(20-15-4-1-2-9-18-17(15)23)14-7-5-13(6-8-14)12-21-11-3-10-19-21/h3,5-8,10-11,15H,1-2,4,9,12H2,(H,18,23)(H,20,22)/t15-/m0/s1. The van der Waals surface area contributed by atoms with Crippen LogP contribution in [-0.4, -0.2) is 34.2 Å². The van der Waals surface area contributed by atoms with Crippen LogP contribution in [-0.2, 0) is 11.3 Å². The number of aromatic nitrogens is 2. The fourth-order valence-corrected chi connectivity index (χ4v) is 2.66. The molecule has 2 heterocycles. The first-order valence-corrected chi connectivity index (χ1v) is 7.87. The number of hydrogen-bond acceptors (Lipinski definition) is 3. The Hall–Kier alpha value is -2.63. The van der Waals surface area contributed by atoms with E-state index in [0.29, 0.717) is 25.1 Å². The summed E-state index contributed by atoms with van der Waals surface area (Å²) in [7, 11) is 0. The summed E-state index contributed by atoms with van der Waals surface area (Å²) < 4.78 is 1.82. The second-order valence-corrected chi connectivity index (χ2v) is 5.71. The van der Waals surface area contributed by atoms with Gasteiger partial charge >= 0.3 is 0 Å². The smallest absolute Gasteiger partial charge is 0.251 e. The third-order valence-electron chi connectivity index (χ3n) is 3.96. The fraction of sp³-hybridized carbons (Fsp3) is 0.353. The molecule has 1 aromatic carbocycles. The lowest BCUT2D eigenvalue weighted by Gasteiger charge is -2.15. The predicted molar refractivity (Wildman–Crippen MR) is 85.9 cm³/mol. The van der Waals surface area contributed by atoms with Gasteiger partial charge in [0.15, 0.2) is 0 Å². The summed E-state index contributed by atoms with van der Waals surface area (Å²) in [6, 6.07) is 8.81. The van der Waals surface area contributed by atoms with Crippen molar-refractivity contribution in [2.45, 2.75) is 31.8 Å². The monoisotopic (exact) mass is 312 g/mol. The number of carbonyl (C=O) groups is 2. The van der Waals surface area contributed by atoms with E-state index in [4.69, 9.17) is 0 Å². The summed E-state index contributed by atoms with van der Waals surface area (Å²) in [6.45, 7) is 1.35. The maximum atomic E-state index is 12.3. The predicted octanol–water partition coefficient (Wildman–Crippen LogP) is 1.33. The topological polar surface area (TPSA) is 76.0 Å². The minimum absolute atomic E-state index is 0.0915. The molecule has 23 heavy (non-hydrogen) atoms. The van der Waals surface area contributed by atoms with Crippen molar-refractivity contribution in [2.24, 2.45) is 0 Å². The zero-order valence-electron chi connectivity index (χ0n) is 12.9. The van der Waals surface area contributed by atoms with Gasteiger partial charge in [-0.15, -0.1) is 0 Å². The van der Waals surface area contributed by atoms with Gasteiger partial charge in [0, 0.05) is 24.5 Å². The van der Waals surface area contributed by atoms with E-state index < -0.39 is 6.04 Å². The summed E-state index contributed by atoms with van der Waals surface area (Å²) in [5, 5.41) is 9.80. The molecule has 6 heteroatoms. The van der Waals surface area contributed by atoms with Crippen molar-refractivity contribution in [3.05, 3.63) is 53.9 Å². The number of rotatable bonds is 4. The number of nitrogens with one attached hydrogen (secondary N) is 2. The molecule has 3 rings (SSSR count). The van der Waals surface area contributed by atoms with Crippen molar-refractivity contribution in [1.82, 2.24) is 20.4 Å². The molecule has 0 saturated carbocycles. The Kier molecular flexibility index (Phi) is 4.71. The van der Waals surface area contributed by atoms with Gasteiger partial charge in [0.05, 0.1) is 6.54 Å². The minimum Gasteiger partial charge on any atom is -0.354 e. The van der Waals surface area contributed by atoms with Crippen molar-refractivity contribution in [3.63, 3.8) is 0 Å². The van der Waals surface area contributed by atoms with E-state index in [-0.39, 0.29) is 11.8 Å². The zero-order valence-corrected chi connectivity index (χ0v) is 12.9. The van der Waals surface area contributed by atoms with Crippen molar-refractivity contribution in [3.8, 4) is 0 Å². The SMILES string of the molecule is O=C(N[C@H]1CCCCNC1=O)c1ccc(Cn2cccn2)cc1. The molecule has 1 aliphatic rings. The average molecular weight is 312 g/mol. The van der Waals surface area contributed by atoms with Gasteiger partial charge in [-0.3, -0.25) is 14.3 Å². The Bertz CT molecular complexity index is 664. The van der Waals surface area contributed by atoms with E-state index >= 15 is 0 Å². The molecule has 120 valence electrons. The molecule has 0 bridgehead atoms. The number of nitrogens with zero attached hydrogens (tertiary/aromatic N) is 2. The van der Waals surface area contributed by atoms with E-state index in [1.54, 1.807) is 18.3 Å². The van der Waals surface area contributed by atoms with Crippen LogP contribution in [0, 0.1) is 0 Å². The third kappa shape index (κ3) is 3.97. The Morgan fingerprint density at radius 1 is 1.30 bits per heavy atom. The molecule has 1 aliphatic heterocycles. The van der Waals surface area contributed by atoms with Crippen LogP contribution in [0.3, 0.4) is 0 Å². The van der Waals surface area contributed by atoms with E-state index in [1.807, 2.05) is 29.1 Å². The molecule has 2 aromatic rings. The molecule has 0 aliphatic carbocycles. The zero-order chi connectivity index (χ0) is 16.1. The average Bonchev–Trinajstić information content (AvgIpc) is 2.98.